The highest BCUT2D eigenvalue weighted by Crippen LogP contribution is 2.28. The summed E-state index contributed by atoms with van der Waals surface area (Å²) in [7, 11) is 0. The Labute approximate surface area is 178 Å². The lowest BCUT2D eigenvalue weighted by Gasteiger charge is -2.14. The summed E-state index contributed by atoms with van der Waals surface area (Å²) in [5.74, 6) is 1.45. The van der Waals surface area contributed by atoms with E-state index in [0.29, 0.717) is 5.92 Å². The molecule has 2 aromatic rings. The number of hydrogen-bond acceptors (Lipinski definition) is 3. The Hall–Kier alpha value is -1.90. The van der Waals surface area contributed by atoms with Gasteiger partial charge in [-0.25, -0.2) is 0 Å². The van der Waals surface area contributed by atoms with E-state index in [2.05, 4.69) is 49.2 Å². The number of benzene rings is 1. The average Bonchev–Trinajstić information content (AvgIpc) is 2.77. The molecule has 29 heavy (non-hydrogen) atoms. The summed E-state index contributed by atoms with van der Waals surface area (Å²) in [6, 6.07) is 12.3. The van der Waals surface area contributed by atoms with Crippen molar-refractivity contribution in [2.45, 2.75) is 91.4 Å². The van der Waals surface area contributed by atoms with Crippen LogP contribution in [0.25, 0.3) is 11.3 Å². The molecule has 1 heterocycles. The van der Waals surface area contributed by atoms with E-state index < -0.39 is 0 Å². The van der Waals surface area contributed by atoms with Crippen LogP contribution in [0.15, 0.2) is 36.4 Å². The first-order chi connectivity index (χ1) is 14.2. The number of ether oxygens (including phenoxy) is 1. The van der Waals surface area contributed by atoms with E-state index in [1.807, 2.05) is 18.2 Å². The van der Waals surface area contributed by atoms with E-state index in [9.17, 15) is 0 Å². The molecule has 0 spiro atoms. The molecule has 1 atom stereocenters. The van der Waals surface area contributed by atoms with Gasteiger partial charge in [0.2, 0.25) is 0 Å². The molecule has 0 bridgehead atoms. The average molecular weight is 397 g/mol. The number of rotatable bonds is 15. The summed E-state index contributed by atoms with van der Waals surface area (Å²) in [6.45, 7) is 7.41. The molecular formula is C26H40N2O. The third-order valence-corrected chi connectivity index (χ3v) is 5.64. The van der Waals surface area contributed by atoms with Crippen molar-refractivity contribution in [3.63, 3.8) is 0 Å². The molecule has 2 rings (SSSR count). The van der Waals surface area contributed by atoms with Crippen molar-refractivity contribution in [1.82, 2.24) is 10.2 Å². The van der Waals surface area contributed by atoms with Crippen LogP contribution in [0.1, 0.15) is 90.7 Å². The summed E-state index contributed by atoms with van der Waals surface area (Å²) in [4.78, 5) is 0. The van der Waals surface area contributed by atoms with Gasteiger partial charge in [0.15, 0.2) is 0 Å². The predicted octanol–water partition coefficient (Wildman–Crippen LogP) is 7.64. The minimum absolute atomic E-state index is 0.549. The van der Waals surface area contributed by atoms with Crippen LogP contribution < -0.4 is 4.74 Å². The first-order valence-electron chi connectivity index (χ1n) is 11.8. The van der Waals surface area contributed by atoms with E-state index in [1.165, 1.54) is 57.8 Å². The van der Waals surface area contributed by atoms with E-state index in [4.69, 9.17) is 4.74 Å². The molecule has 3 nitrogen and oxygen atoms in total. The molecule has 0 saturated heterocycles. The van der Waals surface area contributed by atoms with E-state index in [1.54, 1.807) is 0 Å². The van der Waals surface area contributed by atoms with Gasteiger partial charge in [-0.05, 0) is 43.0 Å². The summed E-state index contributed by atoms with van der Waals surface area (Å²) in [5.41, 5.74) is 3.01. The predicted molar refractivity (Wildman–Crippen MR) is 123 cm³/mol. The minimum Gasteiger partial charge on any atom is -0.493 e. The zero-order valence-corrected chi connectivity index (χ0v) is 18.8. The molecule has 0 saturated carbocycles. The molecule has 1 aromatic heterocycles. The zero-order valence-electron chi connectivity index (χ0n) is 18.8. The molecule has 0 fully saturated rings. The van der Waals surface area contributed by atoms with Gasteiger partial charge >= 0.3 is 0 Å². The molecule has 1 aromatic carbocycles. The summed E-state index contributed by atoms with van der Waals surface area (Å²) in [6.07, 6.45) is 14.3. The molecular weight excluding hydrogens is 356 g/mol. The first-order valence-corrected chi connectivity index (χ1v) is 11.8. The maximum absolute atomic E-state index is 6.04. The quantitative estimate of drug-likeness (QED) is 0.290. The standard InChI is InChI=1S/C26H40N2O/c1-4-6-7-8-9-10-11-12-13-16-23-19-20-25(28-27-23)24-17-14-15-18-26(24)29-21-22(3)5-2/h14-15,17-20,22H,4-13,16,21H2,1-3H3. The summed E-state index contributed by atoms with van der Waals surface area (Å²) >= 11 is 0. The second kappa shape index (κ2) is 14.1. The normalized spacial score (nSPS) is 12.1. The fourth-order valence-electron chi connectivity index (χ4n) is 3.41. The van der Waals surface area contributed by atoms with Gasteiger partial charge in [0.25, 0.3) is 0 Å². The highest BCUT2D eigenvalue weighted by atomic mass is 16.5. The zero-order chi connectivity index (χ0) is 20.7. The van der Waals surface area contributed by atoms with Gasteiger partial charge in [0, 0.05) is 5.56 Å². The van der Waals surface area contributed by atoms with E-state index in [0.717, 1.165) is 42.1 Å². The lowest BCUT2D eigenvalue weighted by molar-refractivity contribution is 0.257. The Kier molecular flexibility index (Phi) is 11.4. The third kappa shape index (κ3) is 8.97. The van der Waals surface area contributed by atoms with Crippen molar-refractivity contribution in [2.75, 3.05) is 6.61 Å². The van der Waals surface area contributed by atoms with Crippen LogP contribution in [-0.2, 0) is 6.42 Å². The third-order valence-electron chi connectivity index (χ3n) is 5.64. The van der Waals surface area contributed by atoms with Crippen molar-refractivity contribution < 1.29 is 4.74 Å². The van der Waals surface area contributed by atoms with Crippen LogP contribution in [0.3, 0.4) is 0 Å². The molecule has 0 N–H and O–H groups in total. The fraction of sp³-hybridized carbons (Fsp3) is 0.615. The minimum atomic E-state index is 0.549. The monoisotopic (exact) mass is 396 g/mol. The fourth-order valence-corrected chi connectivity index (χ4v) is 3.41. The van der Waals surface area contributed by atoms with Gasteiger partial charge in [-0.3, -0.25) is 0 Å². The largest absolute Gasteiger partial charge is 0.493 e. The van der Waals surface area contributed by atoms with E-state index in [-0.39, 0.29) is 0 Å². The van der Waals surface area contributed by atoms with Crippen molar-refractivity contribution >= 4 is 0 Å². The Morgan fingerprint density at radius 3 is 2.14 bits per heavy atom. The Morgan fingerprint density at radius 1 is 0.793 bits per heavy atom. The van der Waals surface area contributed by atoms with Crippen LogP contribution in [0.4, 0.5) is 0 Å². The number of hydrogen-bond donors (Lipinski definition) is 0. The second-order valence-corrected chi connectivity index (χ2v) is 8.31. The first kappa shape index (κ1) is 23.4. The Bertz CT molecular complexity index is 669. The molecule has 1 unspecified atom stereocenters. The topological polar surface area (TPSA) is 35.0 Å². The van der Waals surface area contributed by atoms with Crippen molar-refractivity contribution in [3.8, 4) is 17.0 Å². The molecule has 3 heteroatoms. The number of aromatic nitrogens is 2. The number of para-hydroxylation sites is 1. The summed E-state index contributed by atoms with van der Waals surface area (Å²) in [5, 5.41) is 8.95. The number of nitrogens with zero attached hydrogens (tertiary/aromatic N) is 2. The maximum atomic E-state index is 6.04. The van der Waals surface area contributed by atoms with E-state index >= 15 is 0 Å². The van der Waals surface area contributed by atoms with Crippen molar-refractivity contribution in [2.24, 2.45) is 5.92 Å². The molecule has 0 aliphatic rings. The van der Waals surface area contributed by atoms with Gasteiger partial charge in [0.05, 0.1) is 18.0 Å². The molecule has 0 aliphatic heterocycles. The smallest absolute Gasteiger partial charge is 0.128 e. The van der Waals surface area contributed by atoms with Crippen LogP contribution >= 0.6 is 0 Å². The van der Waals surface area contributed by atoms with Crippen molar-refractivity contribution in [1.29, 1.82) is 0 Å². The number of aryl methyl sites for hydroxylation is 1. The Morgan fingerprint density at radius 2 is 1.48 bits per heavy atom. The van der Waals surface area contributed by atoms with Gasteiger partial charge in [-0.1, -0.05) is 90.7 Å². The van der Waals surface area contributed by atoms with Gasteiger partial charge < -0.3 is 4.74 Å². The molecule has 0 radical (unpaired) electrons. The van der Waals surface area contributed by atoms with Gasteiger partial charge in [-0.15, -0.1) is 0 Å². The lowest BCUT2D eigenvalue weighted by Crippen LogP contribution is -2.08. The SMILES string of the molecule is CCCCCCCCCCCc1ccc(-c2ccccc2OCC(C)CC)nn1. The van der Waals surface area contributed by atoms with Crippen molar-refractivity contribution in [3.05, 3.63) is 42.1 Å². The van der Waals surface area contributed by atoms with Crippen LogP contribution in [-0.4, -0.2) is 16.8 Å². The van der Waals surface area contributed by atoms with Crippen LogP contribution in [0.5, 0.6) is 5.75 Å². The van der Waals surface area contributed by atoms with Gasteiger partial charge in [0.1, 0.15) is 5.75 Å². The molecule has 0 aliphatic carbocycles. The van der Waals surface area contributed by atoms with Crippen LogP contribution in [0.2, 0.25) is 0 Å². The molecule has 160 valence electrons. The highest BCUT2D eigenvalue weighted by Gasteiger charge is 2.09. The van der Waals surface area contributed by atoms with Gasteiger partial charge in [-0.2, -0.15) is 10.2 Å². The highest BCUT2D eigenvalue weighted by molar-refractivity contribution is 5.66. The molecule has 0 amide bonds. The lowest BCUT2D eigenvalue weighted by atomic mass is 10.1. The summed E-state index contributed by atoms with van der Waals surface area (Å²) < 4.78 is 6.04. The van der Waals surface area contributed by atoms with Crippen LogP contribution in [0, 0.1) is 5.92 Å². The Balaban J connectivity index is 1.76. The second-order valence-electron chi connectivity index (χ2n) is 8.31. The maximum Gasteiger partial charge on any atom is 0.128 e. The number of unbranched alkanes of at least 4 members (excludes halogenated alkanes) is 8.